The summed E-state index contributed by atoms with van der Waals surface area (Å²) >= 11 is 0. The number of carbonyl (C=O) groups is 1. The lowest BCUT2D eigenvalue weighted by Crippen LogP contribution is -2.38. The van der Waals surface area contributed by atoms with Gasteiger partial charge in [0, 0.05) is 45.0 Å². The first-order chi connectivity index (χ1) is 9.08. The van der Waals surface area contributed by atoms with E-state index in [9.17, 15) is 4.79 Å². The number of hydrogen-bond donors (Lipinski definition) is 1. The third-order valence-electron chi connectivity index (χ3n) is 3.61. The topological polar surface area (TPSA) is 35.6 Å². The third-order valence-corrected chi connectivity index (χ3v) is 3.61. The largest absolute Gasteiger partial charge is 0.378 e. The molecule has 0 aliphatic carbocycles. The van der Waals surface area contributed by atoms with E-state index in [0.29, 0.717) is 6.04 Å². The molecule has 4 nitrogen and oxygen atoms in total. The molecule has 0 radical (unpaired) electrons. The fourth-order valence-electron chi connectivity index (χ4n) is 2.46. The van der Waals surface area contributed by atoms with Gasteiger partial charge in [-0.2, -0.15) is 0 Å². The molecule has 4 heteroatoms. The molecule has 1 heterocycles. The number of amides is 1. The molecule has 1 aromatic carbocycles. The second kappa shape index (κ2) is 6.06. The van der Waals surface area contributed by atoms with Crippen molar-refractivity contribution in [1.82, 2.24) is 10.2 Å². The Morgan fingerprint density at radius 1 is 1.37 bits per heavy atom. The van der Waals surface area contributed by atoms with E-state index >= 15 is 0 Å². The molecule has 1 atom stereocenters. The second-order valence-electron chi connectivity index (χ2n) is 5.42. The Labute approximate surface area is 115 Å². The van der Waals surface area contributed by atoms with Gasteiger partial charge in [-0.1, -0.05) is 6.07 Å². The van der Waals surface area contributed by atoms with Crippen molar-refractivity contribution in [2.24, 2.45) is 0 Å². The summed E-state index contributed by atoms with van der Waals surface area (Å²) in [5, 5.41) is 3.42. The number of likely N-dealkylation sites (N-methyl/N-ethyl adjacent to an activating group) is 1. The van der Waals surface area contributed by atoms with E-state index in [-0.39, 0.29) is 5.91 Å². The molecule has 1 unspecified atom stereocenters. The van der Waals surface area contributed by atoms with Crippen molar-refractivity contribution in [3.05, 3.63) is 29.8 Å². The molecular weight excluding hydrogens is 238 g/mol. The minimum absolute atomic E-state index is 0.0948. The lowest BCUT2D eigenvalue weighted by molar-refractivity contribution is 0.0784. The quantitative estimate of drug-likeness (QED) is 0.894. The van der Waals surface area contributed by atoms with Crippen LogP contribution in [0.25, 0.3) is 0 Å². The van der Waals surface area contributed by atoms with Crippen molar-refractivity contribution in [2.45, 2.75) is 18.9 Å². The van der Waals surface area contributed by atoms with Gasteiger partial charge >= 0.3 is 0 Å². The average molecular weight is 261 g/mol. The molecule has 0 aromatic heterocycles. The molecule has 19 heavy (non-hydrogen) atoms. The Morgan fingerprint density at radius 3 is 2.79 bits per heavy atom. The molecule has 1 aliphatic heterocycles. The van der Waals surface area contributed by atoms with Gasteiger partial charge in [0.2, 0.25) is 0 Å². The van der Waals surface area contributed by atoms with Gasteiger partial charge in [0.25, 0.3) is 5.91 Å². The number of benzene rings is 1. The standard InChI is InChI=1S/C15H23N3O/c1-17(2)14-8-4-6-12(10-14)15(19)18(3)11-13-7-5-9-16-13/h4,6,8,10,13,16H,5,7,9,11H2,1-3H3. The van der Waals surface area contributed by atoms with Gasteiger partial charge < -0.3 is 15.1 Å². The number of carbonyl (C=O) groups excluding carboxylic acids is 1. The average Bonchev–Trinajstić information content (AvgIpc) is 2.90. The number of anilines is 1. The van der Waals surface area contributed by atoms with Gasteiger partial charge in [0.15, 0.2) is 0 Å². The molecular formula is C15H23N3O. The van der Waals surface area contributed by atoms with Crippen molar-refractivity contribution < 1.29 is 4.79 Å². The van der Waals surface area contributed by atoms with E-state index in [1.807, 2.05) is 55.2 Å². The van der Waals surface area contributed by atoms with Crippen LogP contribution in [0.2, 0.25) is 0 Å². The number of rotatable bonds is 4. The maximum atomic E-state index is 12.4. The normalized spacial score (nSPS) is 18.4. The zero-order valence-electron chi connectivity index (χ0n) is 12.0. The molecule has 1 fully saturated rings. The monoisotopic (exact) mass is 261 g/mol. The predicted octanol–water partition coefficient (Wildman–Crippen LogP) is 1.58. The zero-order chi connectivity index (χ0) is 13.8. The Kier molecular flexibility index (Phi) is 4.43. The number of nitrogens with one attached hydrogen (secondary N) is 1. The predicted molar refractivity (Wildman–Crippen MR) is 78.8 cm³/mol. The summed E-state index contributed by atoms with van der Waals surface area (Å²) in [5.74, 6) is 0.0948. The van der Waals surface area contributed by atoms with Crippen LogP contribution in [0.4, 0.5) is 5.69 Å². The smallest absolute Gasteiger partial charge is 0.253 e. The highest BCUT2D eigenvalue weighted by atomic mass is 16.2. The van der Waals surface area contributed by atoms with Gasteiger partial charge in [0.05, 0.1) is 0 Å². The summed E-state index contributed by atoms with van der Waals surface area (Å²) in [6.45, 7) is 1.85. The fraction of sp³-hybridized carbons (Fsp3) is 0.533. The summed E-state index contributed by atoms with van der Waals surface area (Å²) in [4.78, 5) is 16.2. The molecule has 1 amide bonds. The van der Waals surface area contributed by atoms with Crippen LogP contribution >= 0.6 is 0 Å². The van der Waals surface area contributed by atoms with Gasteiger partial charge in [-0.3, -0.25) is 4.79 Å². The highest BCUT2D eigenvalue weighted by Gasteiger charge is 2.19. The highest BCUT2D eigenvalue weighted by molar-refractivity contribution is 5.95. The van der Waals surface area contributed by atoms with Crippen molar-refractivity contribution in [2.75, 3.05) is 39.1 Å². The van der Waals surface area contributed by atoms with E-state index in [1.54, 1.807) is 0 Å². The van der Waals surface area contributed by atoms with E-state index in [4.69, 9.17) is 0 Å². The lowest BCUT2D eigenvalue weighted by Gasteiger charge is -2.22. The van der Waals surface area contributed by atoms with Crippen molar-refractivity contribution >= 4 is 11.6 Å². The fourth-order valence-corrected chi connectivity index (χ4v) is 2.46. The van der Waals surface area contributed by atoms with Crippen LogP contribution in [0.1, 0.15) is 23.2 Å². The zero-order valence-corrected chi connectivity index (χ0v) is 12.0. The van der Waals surface area contributed by atoms with Crippen molar-refractivity contribution in [3.8, 4) is 0 Å². The van der Waals surface area contributed by atoms with Gasteiger partial charge in [-0.15, -0.1) is 0 Å². The second-order valence-corrected chi connectivity index (χ2v) is 5.42. The lowest BCUT2D eigenvalue weighted by atomic mass is 10.1. The summed E-state index contributed by atoms with van der Waals surface area (Å²) in [6.07, 6.45) is 2.37. The maximum Gasteiger partial charge on any atom is 0.253 e. The van der Waals surface area contributed by atoms with Crippen LogP contribution in [0, 0.1) is 0 Å². The summed E-state index contributed by atoms with van der Waals surface area (Å²) in [7, 11) is 5.84. The first-order valence-electron chi connectivity index (χ1n) is 6.84. The summed E-state index contributed by atoms with van der Waals surface area (Å²) in [5.41, 5.74) is 1.81. The van der Waals surface area contributed by atoms with Crippen molar-refractivity contribution in [3.63, 3.8) is 0 Å². The van der Waals surface area contributed by atoms with Crippen LogP contribution in [0.5, 0.6) is 0 Å². The van der Waals surface area contributed by atoms with Crippen LogP contribution in [0.15, 0.2) is 24.3 Å². The Hall–Kier alpha value is -1.55. The molecule has 0 bridgehead atoms. The van der Waals surface area contributed by atoms with E-state index in [1.165, 1.54) is 6.42 Å². The van der Waals surface area contributed by atoms with Crippen molar-refractivity contribution in [1.29, 1.82) is 0 Å². The number of hydrogen-bond acceptors (Lipinski definition) is 3. The Bertz CT molecular complexity index is 439. The molecule has 1 aromatic rings. The summed E-state index contributed by atoms with van der Waals surface area (Å²) in [6, 6.07) is 8.22. The molecule has 1 saturated heterocycles. The van der Waals surface area contributed by atoms with Gasteiger partial charge in [0.1, 0.15) is 0 Å². The SMILES string of the molecule is CN(CC1CCCN1)C(=O)c1cccc(N(C)C)c1. The van der Waals surface area contributed by atoms with Crippen LogP contribution in [-0.2, 0) is 0 Å². The van der Waals surface area contributed by atoms with Crippen LogP contribution in [0.3, 0.4) is 0 Å². The van der Waals surface area contributed by atoms with E-state index < -0.39 is 0 Å². The molecule has 2 rings (SSSR count). The Morgan fingerprint density at radius 2 is 2.16 bits per heavy atom. The van der Waals surface area contributed by atoms with E-state index in [0.717, 1.165) is 30.8 Å². The molecule has 104 valence electrons. The molecule has 1 N–H and O–H groups in total. The number of nitrogens with zero attached hydrogens (tertiary/aromatic N) is 2. The first kappa shape index (κ1) is 13.9. The van der Waals surface area contributed by atoms with Crippen LogP contribution < -0.4 is 10.2 Å². The minimum atomic E-state index is 0.0948. The molecule has 0 spiro atoms. The molecule has 0 saturated carbocycles. The van der Waals surface area contributed by atoms with Gasteiger partial charge in [-0.05, 0) is 37.6 Å². The minimum Gasteiger partial charge on any atom is -0.378 e. The highest BCUT2D eigenvalue weighted by Crippen LogP contribution is 2.15. The Balaban J connectivity index is 2.03. The third kappa shape index (κ3) is 3.47. The summed E-state index contributed by atoms with van der Waals surface area (Å²) < 4.78 is 0. The maximum absolute atomic E-state index is 12.4. The molecule has 1 aliphatic rings. The first-order valence-corrected chi connectivity index (χ1v) is 6.84. The van der Waals surface area contributed by atoms with Gasteiger partial charge in [-0.25, -0.2) is 0 Å². The van der Waals surface area contributed by atoms with E-state index in [2.05, 4.69) is 5.32 Å². The van der Waals surface area contributed by atoms with Crippen LogP contribution in [-0.4, -0.2) is 51.1 Å².